The molecule has 7 nitrogen and oxygen atoms in total. The standard InChI is InChI=1S/C18H24FN3O4/c1-6-7-11(4)26-15-9-14(13(19)8-12(15)17(23)24)22-18(25)21(5)16(20-22)10(2)3/h8-11H,6-7H2,1-5H3,(H,23,24)/t11-/m0/s1. The van der Waals surface area contributed by atoms with E-state index in [9.17, 15) is 19.1 Å². The Balaban J connectivity index is 2.62. The van der Waals surface area contributed by atoms with Gasteiger partial charge in [0, 0.05) is 19.0 Å². The maximum atomic E-state index is 14.6. The molecule has 0 aliphatic heterocycles. The summed E-state index contributed by atoms with van der Waals surface area (Å²) >= 11 is 0. The molecule has 2 rings (SSSR count). The van der Waals surface area contributed by atoms with E-state index in [-0.39, 0.29) is 29.0 Å². The Morgan fingerprint density at radius 2 is 2.00 bits per heavy atom. The van der Waals surface area contributed by atoms with Crippen LogP contribution in [0, 0.1) is 5.82 Å². The normalized spacial score (nSPS) is 12.4. The Morgan fingerprint density at radius 1 is 1.35 bits per heavy atom. The summed E-state index contributed by atoms with van der Waals surface area (Å²) in [6.07, 6.45) is 1.32. The minimum Gasteiger partial charge on any atom is -0.490 e. The molecule has 1 aromatic heterocycles. The molecule has 0 fully saturated rings. The lowest BCUT2D eigenvalue weighted by molar-refractivity contribution is 0.0689. The monoisotopic (exact) mass is 365 g/mol. The maximum Gasteiger partial charge on any atom is 0.350 e. The molecule has 8 heteroatoms. The van der Waals surface area contributed by atoms with Gasteiger partial charge in [0.2, 0.25) is 0 Å². The number of benzene rings is 1. The fourth-order valence-electron chi connectivity index (χ4n) is 2.76. The molecule has 1 aromatic carbocycles. The Morgan fingerprint density at radius 3 is 2.50 bits per heavy atom. The molecule has 26 heavy (non-hydrogen) atoms. The summed E-state index contributed by atoms with van der Waals surface area (Å²) in [5.41, 5.74) is -0.938. The molecular weight excluding hydrogens is 341 g/mol. The number of ether oxygens (including phenoxy) is 1. The lowest BCUT2D eigenvalue weighted by Crippen LogP contribution is -2.23. The molecule has 0 spiro atoms. The van der Waals surface area contributed by atoms with E-state index in [1.165, 1.54) is 10.6 Å². The highest BCUT2D eigenvalue weighted by molar-refractivity contribution is 5.91. The van der Waals surface area contributed by atoms with Gasteiger partial charge in [-0.3, -0.25) is 4.57 Å². The lowest BCUT2D eigenvalue weighted by Gasteiger charge is -2.17. The molecule has 142 valence electrons. The van der Waals surface area contributed by atoms with E-state index < -0.39 is 17.5 Å². The van der Waals surface area contributed by atoms with Gasteiger partial charge >= 0.3 is 11.7 Å². The van der Waals surface area contributed by atoms with Crippen LogP contribution < -0.4 is 10.4 Å². The third-order valence-electron chi connectivity index (χ3n) is 4.06. The number of rotatable bonds is 7. The first-order valence-corrected chi connectivity index (χ1v) is 8.57. The van der Waals surface area contributed by atoms with Crippen molar-refractivity contribution in [2.24, 2.45) is 7.05 Å². The second-order valence-electron chi connectivity index (χ2n) is 6.59. The number of hydrogen-bond donors (Lipinski definition) is 1. The topological polar surface area (TPSA) is 86.4 Å². The highest BCUT2D eigenvalue weighted by Gasteiger charge is 2.22. The second-order valence-corrected chi connectivity index (χ2v) is 6.59. The van der Waals surface area contributed by atoms with Gasteiger partial charge in [0.05, 0.1) is 6.10 Å². The molecule has 1 atom stereocenters. The molecule has 0 saturated heterocycles. The van der Waals surface area contributed by atoms with Crippen LogP contribution in [-0.4, -0.2) is 31.5 Å². The predicted molar refractivity (Wildman–Crippen MR) is 94.8 cm³/mol. The minimum absolute atomic E-state index is 0.0125. The summed E-state index contributed by atoms with van der Waals surface area (Å²) in [6, 6.07) is 2.09. The van der Waals surface area contributed by atoms with Gasteiger partial charge in [-0.05, 0) is 19.4 Å². The van der Waals surface area contributed by atoms with Crippen molar-refractivity contribution in [3.05, 3.63) is 39.8 Å². The van der Waals surface area contributed by atoms with Crippen molar-refractivity contribution in [3.63, 3.8) is 0 Å². The molecule has 0 unspecified atom stereocenters. The average Bonchev–Trinajstić information content (AvgIpc) is 2.85. The third kappa shape index (κ3) is 3.79. The van der Waals surface area contributed by atoms with Crippen molar-refractivity contribution in [1.29, 1.82) is 0 Å². The summed E-state index contributed by atoms with van der Waals surface area (Å²) in [4.78, 5) is 23.9. The van der Waals surface area contributed by atoms with Gasteiger partial charge in [0.15, 0.2) is 0 Å². The molecule has 1 N–H and O–H groups in total. The van der Waals surface area contributed by atoms with Crippen LogP contribution in [0.1, 0.15) is 62.6 Å². The minimum atomic E-state index is -1.30. The number of carboxylic acids is 1. The van der Waals surface area contributed by atoms with Crippen molar-refractivity contribution in [2.75, 3.05) is 0 Å². The SMILES string of the molecule is CCC[C@H](C)Oc1cc(-n2nc(C(C)C)n(C)c2=O)c(F)cc1C(=O)O. The van der Waals surface area contributed by atoms with Crippen molar-refractivity contribution < 1.29 is 19.0 Å². The van der Waals surface area contributed by atoms with E-state index in [0.29, 0.717) is 12.2 Å². The van der Waals surface area contributed by atoms with Crippen molar-refractivity contribution in [1.82, 2.24) is 14.3 Å². The first-order valence-electron chi connectivity index (χ1n) is 8.57. The molecule has 1 heterocycles. The van der Waals surface area contributed by atoms with Crippen molar-refractivity contribution in [3.8, 4) is 11.4 Å². The lowest BCUT2D eigenvalue weighted by atomic mass is 10.1. The summed E-state index contributed by atoms with van der Waals surface area (Å²) in [5, 5.41) is 13.5. The summed E-state index contributed by atoms with van der Waals surface area (Å²) in [7, 11) is 1.56. The Kier molecular flexibility index (Phi) is 5.84. The molecule has 2 aromatic rings. The van der Waals surface area contributed by atoms with Gasteiger partial charge in [-0.25, -0.2) is 14.0 Å². The summed E-state index contributed by atoms with van der Waals surface area (Å²) in [6.45, 7) is 7.53. The van der Waals surface area contributed by atoms with E-state index >= 15 is 0 Å². The van der Waals surface area contributed by atoms with Crippen LogP contribution in [0.15, 0.2) is 16.9 Å². The quantitative estimate of drug-likeness (QED) is 0.815. The van der Waals surface area contributed by atoms with Gasteiger partial charge in [0.25, 0.3) is 0 Å². The molecular formula is C18H24FN3O4. The van der Waals surface area contributed by atoms with Gasteiger partial charge in [-0.2, -0.15) is 4.68 Å². The number of carbonyl (C=O) groups is 1. The third-order valence-corrected chi connectivity index (χ3v) is 4.06. The molecule has 0 bridgehead atoms. The van der Waals surface area contributed by atoms with Gasteiger partial charge < -0.3 is 9.84 Å². The Labute approximate surface area is 151 Å². The maximum absolute atomic E-state index is 14.6. The molecule has 0 aliphatic carbocycles. The van der Waals surface area contributed by atoms with E-state index in [1.54, 1.807) is 7.05 Å². The van der Waals surface area contributed by atoms with Crippen molar-refractivity contribution >= 4 is 5.97 Å². The Hall–Kier alpha value is -2.64. The zero-order chi connectivity index (χ0) is 19.6. The number of aromatic carboxylic acids is 1. The number of halogens is 1. The van der Waals surface area contributed by atoms with E-state index in [4.69, 9.17) is 4.74 Å². The molecule has 0 aliphatic rings. The van der Waals surface area contributed by atoms with E-state index in [0.717, 1.165) is 17.2 Å². The Bertz CT molecular complexity index is 870. The van der Waals surface area contributed by atoms with Crippen LogP contribution in [-0.2, 0) is 7.05 Å². The summed E-state index contributed by atoms with van der Waals surface area (Å²) < 4.78 is 22.5. The highest BCUT2D eigenvalue weighted by Crippen LogP contribution is 2.27. The summed E-state index contributed by atoms with van der Waals surface area (Å²) in [5.74, 6) is -1.67. The number of hydrogen-bond acceptors (Lipinski definition) is 4. The first kappa shape index (κ1) is 19.7. The fraction of sp³-hybridized carbons (Fsp3) is 0.500. The first-order chi connectivity index (χ1) is 12.2. The van der Waals surface area contributed by atoms with E-state index in [1.807, 2.05) is 27.7 Å². The second kappa shape index (κ2) is 7.72. The predicted octanol–water partition coefficient (Wildman–Crippen LogP) is 3.10. The van der Waals surface area contributed by atoms with Gasteiger partial charge in [0.1, 0.15) is 28.6 Å². The van der Waals surface area contributed by atoms with Crippen LogP contribution in [0.25, 0.3) is 5.69 Å². The zero-order valence-electron chi connectivity index (χ0n) is 15.6. The molecule has 0 amide bonds. The number of nitrogens with zero attached hydrogens (tertiary/aromatic N) is 3. The van der Waals surface area contributed by atoms with Crippen molar-refractivity contribution in [2.45, 2.75) is 52.6 Å². The number of carboxylic acid groups (broad SMARTS) is 1. The van der Waals surface area contributed by atoms with Crippen LogP contribution in [0.4, 0.5) is 4.39 Å². The smallest absolute Gasteiger partial charge is 0.350 e. The van der Waals surface area contributed by atoms with Gasteiger partial charge in [-0.1, -0.05) is 27.2 Å². The largest absolute Gasteiger partial charge is 0.490 e. The van der Waals surface area contributed by atoms with Crippen LogP contribution >= 0.6 is 0 Å². The van der Waals surface area contributed by atoms with Gasteiger partial charge in [-0.15, -0.1) is 5.10 Å². The van der Waals surface area contributed by atoms with Crippen LogP contribution in [0.3, 0.4) is 0 Å². The van der Waals surface area contributed by atoms with E-state index in [2.05, 4.69) is 5.10 Å². The van der Waals surface area contributed by atoms with Crippen LogP contribution in [0.2, 0.25) is 0 Å². The fourth-order valence-corrected chi connectivity index (χ4v) is 2.76. The highest BCUT2D eigenvalue weighted by atomic mass is 19.1. The molecule has 0 saturated carbocycles. The zero-order valence-corrected chi connectivity index (χ0v) is 15.6. The molecule has 0 radical (unpaired) electrons. The average molecular weight is 365 g/mol. The van der Waals surface area contributed by atoms with Crippen LogP contribution in [0.5, 0.6) is 5.75 Å². The number of aromatic nitrogens is 3.